The molecule has 2 heterocycles. The summed E-state index contributed by atoms with van der Waals surface area (Å²) in [4.78, 5) is 2.24. The lowest BCUT2D eigenvalue weighted by Crippen LogP contribution is -2.29. The van der Waals surface area contributed by atoms with Crippen LogP contribution in [0.3, 0.4) is 0 Å². The van der Waals surface area contributed by atoms with Crippen molar-refractivity contribution in [2.45, 2.75) is 30.8 Å². The Hall–Kier alpha value is -6.87. The highest BCUT2D eigenvalue weighted by atomic mass is 15.2. The third-order valence-electron chi connectivity index (χ3n) is 10.5. The maximum atomic E-state index is 10.6. The van der Waals surface area contributed by atoms with Gasteiger partial charge < -0.3 is 9.47 Å². The second kappa shape index (κ2) is 12.2. The zero-order valence-corrected chi connectivity index (χ0v) is 27.7. The van der Waals surface area contributed by atoms with Crippen molar-refractivity contribution >= 4 is 40.0 Å². The summed E-state index contributed by atoms with van der Waals surface area (Å²) < 4.78 is 2.44. The summed E-state index contributed by atoms with van der Waals surface area (Å²) in [6.07, 6.45) is 25.7. The van der Waals surface area contributed by atoms with Gasteiger partial charge in [-0.2, -0.15) is 15.8 Å². The zero-order valence-electron chi connectivity index (χ0n) is 27.7. The molecule has 5 aromatic rings. The Balaban J connectivity index is 1.15. The quantitative estimate of drug-likeness (QED) is 0.193. The summed E-state index contributed by atoms with van der Waals surface area (Å²) in [7, 11) is 0. The van der Waals surface area contributed by atoms with Crippen molar-refractivity contribution < 1.29 is 0 Å². The Kier molecular flexibility index (Phi) is 7.24. The molecular weight excluding hydrogens is 623 g/mol. The summed E-state index contributed by atoms with van der Waals surface area (Å²) in [6.45, 7) is 0. The predicted molar refractivity (Wildman–Crippen MR) is 205 cm³/mol. The number of benzene rings is 4. The second-order valence-electron chi connectivity index (χ2n) is 13.3. The lowest BCUT2D eigenvalue weighted by Gasteiger charge is -2.31. The molecule has 0 N–H and O–H groups in total. The fourth-order valence-corrected chi connectivity index (χ4v) is 8.33. The monoisotopic (exact) mass is 653 g/mol. The number of nitrogens with zero attached hydrogens (tertiary/aromatic N) is 5. The maximum absolute atomic E-state index is 10.6. The molecule has 9 rings (SSSR count). The summed E-state index contributed by atoms with van der Waals surface area (Å²) in [5.74, 6) is 0.0480. The molecule has 0 amide bonds. The van der Waals surface area contributed by atoms with Crippen molar-refractivity contribution in [1.29, 1.82) is 15.8 Å². The molecule has 3 aliphatic carbocycles. The maximum Gasteiger partial charge on any atom is 0.101 e. The van der Waals surface area contributed by atoms with E-state index in [4.69, 9.17) is 0 Å². The minimum atomic E-state index is -0.0542. The van der Waals surface area contributed by atoms with Gasteiger partial charge >= 0.3 is 0 Å². The Labute approximate surface area is 297 Å². The molecule has 0 radical (unpaired) electrons. The molecule has 4 aromatic carbocycles. The first-order valence-corrected chi connectivity index (χ1v) is 17.3. The van der Waals surface area contributed by atoms with Crippen LogP contribution in [0.4, 0.5) is 11.4 Å². The number of aromatic nitrogens is 1. The molecular formula is C46H31N5. The smallest absolute Gasteiger partial charge is 0.101 e. The highest BCUT2D eigenvalue weighted by Gasteiger charge is 2.39. The van der Waals surface area contributed by atoms with Crippen LogP contribution in [0.15, 0.2) is 134 Å². The van der Waals surface area contributed by atoms with Crippen molar-refractivity contribution in [2.24, 2.45) is 0 Å². The summed E-state index contributed by atoms with van der Waals surface area (Å²) in [6, 6.07) is 33.5. The van der Waals surface area contributed by atoms with E-state index < -0.39 is 0 Å². The molecule has 1 aliphatic heterocycles. The average Bonchev–Trinajstić information content (AvgIpc) is 3.56. The molecule has 0 spiro atoms. The van der Waals surface area contributed by atoms with E-state index in [1.807, 2.05) is 54.6 Å². The summed E-state index contributed by atoms with van der Waals surface area (Å²) in [5.41, 5.74) is 11.9. The van der Waals surface area contributed by atoms with Gasteiger partial charge in [-0.05, 0) is 77.6 Å². The number of nitriles is 3. The first kappa shape index (κ1) is 30.2. The molecule has 0 bridgehead atoms. The highest BCUT2D eigenvalue weighted by molar-refractivity contribution is 5.95. The zero-order chi connectivity index (χ0) is 34.5. The summed E-state index contributed by atoms with van der Waals surface area (Å²) >= 11 is 0. The number of para-hydroxylation sites is 2. The molecule has 4 aliphatic rings. The van der Waals surface area contributed by atoms with Gasteiger partial charge in [0.05, 0.1) is 46.6 Å². The van der Waals surface area contributed by atoms with Gasteiger partial charge in [-0.1, -0.05) is 103 Å². The van der Waals surface area contributed by atoms with Gasteiger partial charge in [-0.25, -0.2) is 0 Å². The molecule has 2 unspecified atom stereocenters. The second-order valence-corrected chi connectivity index (χ2v) is 13.3. The molecule has 51 heavy (non-hydrogen) atoms. The van der Waals surface area contributed by atoms with Gasteiger partial charge in [0.1, 0.15) is 6.07 Å². The first-order valence-electron chi connectivity index (χ1n) is 17.3. The summed E-state index contributed by atoms with van der Waals surface area (Å²) in [5, 5.41) is 31.9. The van der Waals surface area contributed by atoms with Gasteiger partial charge in [0.25, 0.3) is 0 Å². The van der Waals surface area contributed by atoms with Crippen molar-refractivity contribution in [2.75, 3.05) is 4.90 Å². The number of hydrogen-bond acceptors (Lipinski definition) is 4. The molecule has 3 atom stereocenters. The van der Waals surface area contributed by atoms with Crippen LogP contribution in [-0.4, -0.2) is 10.6 Å². The van der Waals surface area contributed by atoms with Gasteiger partial charge in [0, 0.05) is 39.3 Å². The van der Waals surface area contributed by atoms with Crippen LogP contribution < -0.4 is 4.90 Å². The molecule has 0 saturated carbocycles. The van der Waals surface area contributed by atoms with E-state index >= 15 is 0 Å². The number of allylic oxidation sites excluding steroid dienone is 8. The average molecular weight is 654 g/mol. The fraction of sp³-hybridized carbons (Fsp3) is 0.109. The van der Waals surface area contributed by atoms with Crippen LogP contribution in [0.1, 0.15) is 63.9 Å². The predicted octanol–water partition coefficient (Wildman–Crippen LogP) is 10.7. The highest BCUT2D eigenvalue weighted by Crippen LogP contribution is 2.51. The van der Waals surface area contributed by atoms with E-state index in [0.717, 1.165) is 52.0 Å². The minimum Gasteiger partial charge on any atom is -0.333 e. The third-order valence-corrected chi connectivity index (χ3v) is 10.5. The molecule has 5 heteroatoms. The van der Waals surface area contributed by atoms with E-state index in [1.165, 1.54) is 22.2 Å². The Bertz CT molecular complexity index is 2600. The molecule has 0 saturated heterocycles. The van der Waals surface area contributed by atoms with Crippen LogP contribution in [0, 0.1) is 34.0 Å². The van der Waals surface area contributed by atoms with Crippen molar-refractivity contribution in [3.8, 4) is 29.3 Å². The van der Waals surface area contributed by atoms with E-state index in [2.05, 4.69) is 119 Å². The Morgan fingerprint density at radius 2 is 1.57 bits per heavy atom. The van der Waals surface area contributed by atoms with E-state index in [-0.39, 0.29) is 18.0 Å². The molecule has 1 aromatic heterocycles. The van der Waals surface area contributed by atoms with Crippen LogP contribution in [0.25, 0.3) is 39.8 Å². The molecule has 0 fully saturated rings. The van der Waals surface area contributed by atoms with Crippen molar-refractivity contribution in [3.63, 3.8) is 0 Å². The normalized spacial score (nSPS) is 19.4. The number of fused-ring (bicyclic) bond motifs is 6. The standard InChI is InChI=1S/C46H31N5/c47-27-30-20-23-45-41(24-30)40-15-5-7-19-44(40)51(45)46-33(28-48)11-9-16-37(46)32-21-22-36(34(25-32)29-49)31-10-8-12-35(26-31)50-42-17-3-1-2-13-38(42)39-14-4-6-18-43(39)50/h2-11,13-26,35,40,44H,1,12H2/t35-,40?,44?/m1/s1. The Morgan fingerprint density at radius 3 is 2.45 bits per heavy atom. The van der Waals surface area contributed by atoms with Gasteiger partial charge in [0.2, 0.25) is 0 Å². The van der Waals surface area contributed by atoms with Crippen LogP contribution in [-0.2, 0) is 0 Å². The number of hydrogen-bond donors (Lipinski definition) is 0. The van der Waals surface area contributed by atoms with Gasteiger partial charge in [0.15, 0.2) is 0 Å². The first-order chi connectivity index (χ1) is 25.2. The van der Waals surface area contributed by atoms with Crippen LogP contribution in [0.5, 0.6) is 0 Å². The number of anilines is 2. The fourth-order valence-electron chi connectivity index (χ4n) is 8.33. The lowest BCUT2D eigenvalue weighted by atomic mass is 9.89. The largest absolute Gasteiger partial charge is 0.333 e. The minimum absolute atomic E-state index is 0.0480. The van der Waals surface area contributed by atoms with Crippen molar-refractivity contribution in [1.82, 2.24) is 4.57 Å². The SMILES string of the molecule is N#Cc1ccc2c(c1)C1C=CC=CC1N2c1c(C#N)cccc1-c1ccc(C2=C[C@H](n3c4c(c5ccccc53)C=CCC=C4)CC=C2)c(C#N)c1. The van der Waals surface area contributed by atoms with Crippen LogP contribution >= 0.6 is 0 Å². The third kappa shape index (κ3) is 4.81. The topological polar surface area (TPSA) is 79.5 Å². The van der Waals surface area contributed by atoms with Gasteiger partial charge in [-0.3, -0.25) is 0 Å². The lowest BCUT2D eigenvalue weighted by molar-refractivity contribution is 0.626. The Morgan fingerprint density at radius 1 is 0.706 bits per heavy atom. The van der Waals surface area contributed by atoms with E-state index in [0.29, 0.717) is 16.7 Å². The van der Waals surface area contributed by atoms with Crippen molar-refractivity contribution in [3.05, 3.63) is 173 Å². The van der Waals surface area contributed by atoms with Crippen LogP contribution in [0.2, 0.25) is 0 Å². The molecule has 240 valence electrons. The van der Waals surface area contributed by atoms with E-state index in [1.54, 1.807) is 0 Å². The van der Waals surface area contributed by atoms with Gasteiger partial charge in [-0.15, -0.1) is 0 Å². The van der Waals surface area contributed by atoms with E-state index in [9.17, 15) is 15.8 Å². The molecule has 5 nitrogen and oxygen atoms in total. The number of rotatable bonds is 4.